The minimum atomic E-state index is 0.642. The van der Waals surface area contributed by atoms with Crippen molar-refractivity contribution >= 4 is 5.95 Å². The minimum absolute atomic E-state index is 0.642. The van der Waals surface area contributed by atoms with E-state index in [4.69, 9.17) is 0 Å². The van der Waals surface area contributed by atoms with Crippen molar-refractivity contribution in [1.82, 2.24) is 9.55 Å². The fourth-order valence-corrected chi connectivity index (χ4v) is 4.32. The van der Waals surface area contributed by atoms with Gasteiger partial charge in [0.2, 0.25) is 5.95 Å². The third-order valence-corrected chi connectivity index (χ3v) is 5.67. The van der Waals surface area contributed by atoms with Crippen LogP contribution < -0.4 is 5.32 Å². The zero-order valence-corrected chi connectivity index (χ0v) is 13.0. The summed E-state index contributed by atoms with van der Waals surface area (Å²) < 4.78 is 2.43. The molecule has 0 aliphatic heterocycles. The molecule has 3 rings (SSSR count). The normalized spacial score (nSPS) is 31.6. The lowest BCUT2D eigenvalue weighted by molar-refractivity contribution is 0.330. The van der Waals surface area contributed by atoms with Gasteiger partial charge in [-0.15, -0.1) is 0 Å². The Balaban J connectivity index is 1.70. The number of nitrogens with one attached hydrogen (secondary N) is 1. The number of aromatic nitrogens is 2. The predicted octanol–water partition coefficient (Wildman–Crippen LogP) is 4.62. The Morgan fingerprint density at radius 1 is 1.20 bits per heavy atom. The van der Waals surface area contributed by atoms with Gasteiger partial charge in [0.25, 0.3) is 0 Å². The van der Waals surface area contributed by atoms with E-state index in [2.05, 4.69) is 34.9 Å². The molecule has 20 heavy (non-hydrogen) atoms. The number of anilines is 1. The standard InChI is InChI=1S/C17H29N3/c1-3-14-9-10-16(13(14)2)20-12-11-18-17(20)19-15-7-5-4-6-8-15/h11-16H,3-10H2,1-2H3,(H,18,19). The molecule has 3 heteroatoms. The highest BCUT2D eigenvalue weighted by molar-refractivity contribution is 5.29. The third kappa shape index (κ3) is 2.72. The molecule has 1 N–H and O–H groups in total. The molecular formula is C17H29N3. The van der Waals surface area contributed by atoms with Gasteiger partial charge >= 0.3 is 0 Å². The monoisotopic (exact) mass is 275 g/mol. The lowest BCUT2D eigenvalue weighted by Gasteiger charge is -2.27. The molecule has 2 saturated carbocycles. The molecule has 0 spiro atoms. The van der Waals surface area contributed by atoms with Crippen molar-refractivity contribution in [2.75, 3.05) is 5.32 Å². The smallest absolute Gasteiger partial charge is 0.203 e. The van der Waals surface area contributed by atoms with Gasteiger partial charge in [-0.3, -0.25) is 0 Å². The first kappa shape index (κ1) is 14.0. The van der Waals surface area contributed by atoms with E-state index in [1.807, 2.05) is 6.20 Å². The van der Waals surface area contributed by atoms with Gasteiger partial charge in [-0.1, -0.05) is 39.5 Å². The average molecular weight is 275 g/mol. The molecule has 112 valence electrons. The van der Waals surface area contributed by atoms with E-state index in [0.29, 0.717) is 12.1 Å². The van der Waals surface area contributed by atoms with Crippen LogP contribution in [0.4, 0.5) is 5.95 Å². The highest BCUT2D eigenvalue weighted by Gasteiger charge is 2.33. The van der Waals surface area contributed by atoms with E-state index in [9.17, 15) is 0 Å². The Labute approximate surface area is 123 Å². The van der Waals surface area contributed by atoms with Crippen LogP contribution in [-0.2, 0) is 0 Å². The Kier molecular flexibility index (Phi) is 4.32. The predicted molar refractivity (Wildman–Crippen MR) is 83.9 cm³/mol. The molecular weight excluding hydrogens is 246 g/mol. The topological polar surface area (TPSA) is 29.9 Å². The van der Waals surface area contributed by atoms with Crippen molar-refractivity contribution in [3.8, 4) is 0 Å². The zero-order valence-electron chi connectivity index (χ0n) is 13.0. The number of rotatable bonds is 4. The summed E-state index contributed by atoms with van der Waals surface area (Å²) in [5.41, 5.74) is 0. The Bertz CT molecular complexity index is 420. The van der Waals surface area contributed by atoms with Crippen molar-refractivity contribution in [3.05, 3.63) is 12.4 Å². The molecule has 0 amide bonds. The molecule has 0 bridgehead atoms. The van der Waals surface area contributed by atoms with Gasteiger partial charge in [0.1, 0.15) is 0 Å². The fraction of sp³-hybridized carbons (Fsp3) is 0.824. The van der Waals surface area contributed by atoms with E-state index in [1.165, 1.54) is 51.4 Å². The lowest BCUT2D eigenvalue weighted by Crippen LogP contribution is -2.26. The van der Waals surface area contributed by atoms with Crippen molar-refractivity contribution in [1.29, 1.82) is 0 Å². The van der Waals surface area contributed by atoms with Crippen LogP contribution in [0.3, 0.4) is 0 Å². The Morgan fingerprint density at radius 3 is 2.70 bits per heavy atom. The third-order valence-electron chi connectivity index (χ3n) is 5.67. The minimum Gasteiger partial charge on any atom is -0.353 e. The van der Waals surface area contributed by atoms with E-state index >= 15 is 0 Å². The van der Waals surface area contributed by atoms with Gasteiger partial charge in [0.15, 0.2) is 0 Å². The Morgan fingerprint density at radius 2 is 2.00 bits per heavy atom. The van der Waals surface area contributed by atoms with Gasteiger partial charge in [-0.05, 0) is 37.5 Å². The average Bonchev–Trinajstić information content (AvgIpc) is 3.06. The van der Waals surface area contributed by atoms with Gasteiger partial charge in [0.05, 0.1) is 0 Å². The maximum atomic E-state index is 4.59. The van der Waals surface area contributed by atoms with Crippen molar-refractivity contribution in [2.24, 2.45) is 11.8 Å². The van der Waals surface area contributed by atoms with Gasteiger partial charge < -0.3 is 9.88 Å². The van der Waals surface area contributed by atoms with Crippen molar-refractivity contribution < 1.29 is 0 Å². The summed E-state index contributed by atoms with van der Waals surface area (Å²) >= 11 is 0. The second kappa shape index (κ2) is 6.19. The zero-order chi connectivity index (χ0) is 13.9. The molecule has 0 aromatic carbocycles. The second-order valence-electron chi connectivity index (χ2n) is 6.81. The first-order chi connectivity index (χ1) is 9.79. The van der Waals surface area contributed by atoms with Crippen LogP contribution in [0.25, 0.3) is 0 Å². The summed E-state index contributed by atoms with van der Waals surface area (Å²) in [6.07, 6.45) is 14.9. The number of nitrogens with zero attached hydrogens (tertiary/aromatic N) is 2. The van der Waals surface area contributed by atoms with Crippen LogP contribution in [0.15, 0.2) is 12.4 Å². The van der Waals surface area contributed by atoms with Gasteiger partial charge in [0, 0.05) is 24.5 Å². The highest BCUT2D eigenvalue weighted by atomic mass is 15.2. The Hall–Kier alpha value is -0.990. The van der Waals surface area contributed by atoms with Crippen LogP contribution in [0.5, 0.6) is 0 Å². The molecule has 0 saturated heterocycles. The van der Waals surface area contributed by atoms with Crippen LogP contribution in [0, 0.1) is 11.8 Å². The number of hydrogen-bond donors (Lipinski definition) is 1. The first-order valence-corrected chi connectivity index (χ1v) is 8.59. The van der Waals surface area contributed by atoms with E-state index in [0.717, 1.165) is 17.8 Å². The van der Waals surface area contributed by atoms with E-state index in [1.54, 1.807) is 0 Å². The molecule has 0 radical (unpaired) electrons. The number of imidazole rings is 1. The molecule has 3 nitrogen and oxygen atoms in total. The lowest BCUT2D eigenvalue weighted by atomic mass is 9.93. The SMILES string of the molecule is CCC1CCC(n2ccnc2NC2CCCCC2)C1C. The van der Waals surface area contributed by atoms with Gasteiger partial charge in [-0.2, -0.15) is 0 Å². The van der Waals surface area contributed by atoms with Crippen LogP contribution in [0.1, 0.15) is 71.3 Å². The summed E-state index contributed by atoms with van der Waals surface area (Å²) in [6, 6.07) is 1.29. The molecule has 1 aromatic rings. The maximum absolute atomic E-state index is 4.59. The van der Waals surface area contributed by atoms with Crippen molar-refractivity contribution in [3.63, 3.8) is 0 Å². The molecule has 2 aliphatic carbocycles. The summed E-state index contributed by atoms with van der Waals surface area (Å²) in [4.78, 5) is 4.59. The summed E-state index contributed by atoms with van der Waals surface area (Å²) in [7, 11) is 0. The first-order valence-electron chi connectivity index (χ1n) is 8.59. The molecule has 1 aromatic heterocycles. The fourth-order valence-electron chi connectivity index (χ4n) is 4.32. The van der Waals surface area contributed by atoms with Crippen molar-refractivity contribution in [2.45, 2.75) is 77.3 Å². The van der Waals surface area contributed by atoms with E-state index < -0.39 is 0 Å². The molecule has 3 unspecified atom stereocenters. The van der Waals surface area contributed by atoms with Crippen LogP contribution in [0.2, 0.25) is 0 Å². The quantitative estimate of drug-likeness (QED) is 0.868. The number of hydrogen-bond acceptors (Lipinski definition) is 2. The van der Waals surface area contributed by atoms with Gasteiger partial charge in [-0.25, -0.2) is 4.98 Å². The maximum Gasteiger partial charge on any atom is 0.203 e. The summed E-state index contributed by atoms with van der Waals surface area (Å²) in [5.74, 6) is 2.79. The molecule has 1 heterocycles. The highest BCUT2D eigenvalue weighted by Crippen LogP contribution is 2.42. The van der Waals surface area contributed by atoms with E-state index in [-0.39, 0.29) is 0 Å². The van der Waals surface area contributed by atoms with Crippen LogP contribution >= 0.6 is 0 Å². The van der Waals surface area contributed by atoms with Crippen LogP contribution in [-0.4, -0.2) is 15.6 Å². The molecule has 2 fully saturated rings. The summed E-state index contributed by atoms with van der Waals surface area (Å²) in [5, 5.41) is 3.71. The largest absolute Gasteiger partial charge is 0.353 e. The summed E-state index contributed by atoms with van der Waals surface area (Å²) in [6.45, 7) is 4.76. The molecule has 3 atom stereocenters. The second-order valence-corrected chi connectivity index (χ2v) is 6.81. The molecule has 2 aliphatic rings.